The molecule has 3 N–H and O–H groups in total. The molecule has 1 aromatic heterocycles. The number of rotatable bonds is 6. The van der Waals surface area contributed by atoms with Crippen molar-refractivity contribution in [2.24, 2.45) is 11.8 Å². The largest absolute Gasteiger partial charge is 0.381 e. The van der Waals surface area contributed by atoms with Gasteiger partial charge in [-0.2, -0.15) is 5.10 Å². The lowest BCUT2D eigenvalue weighted by atomic mass is 9.81. The molecule has 6 nitrogen and oxygen atoms in total. The fourth-order valence-corrected chi connectivity index (χ4v) is 4.00. The maximum atomic E-state index is 12.2. The molecule has 0 bridgehead atoms. The number of sulfonamides is 1. The molecule has 1 aliphatic rings. The molecule has 0 atom stereocenters. The van der Waals surface area contributed by atoms with E-state index >= 15 is 0 Å². The van der Waals surface area contributed by atoms with Gasteiger partial charge in [-0.1, -0.05) is 32.6 Å². The van der Waals surface area contributed by atoms with Gasteiger partial charge < -0.3 is 5.73 Å². The Bertz CT molecular complexity index is 560. The van der Waals surface area contributed by atoms with Crippen LogP contribution < -0.4 is 10.5 Å². The highest BCUT2D eigenvalue weighted by Crippen LogP contribution is 2.30. The Morgan fingerprint density at radius 1 is 1.38 bits per heavy atom. The predicted octanol–water partition coefficient (Wildman–Crippen LogP) is 1.98. The second kappa shape index (κ2) is 6.79. The van der Waals surface area contributed by atoms with Gasteiger partial charge in [0.15, 0.2) is 5.82 Å². The van der Waals surface area contributed by atoms with Crippen LogP contribution in [-0.2, 0) is 16.6 Å². The molecule has 0 aliphatic heterocycles. The van der Waals surface area contributed by atoms with Crippen LogP contribution in [0.3, 0.4) is 0 Å². The first-order chi connectivity index (χ1) is 9.92. The molecule has 0 saturated heterocycles. The number of anilines is 1. The second-order valence-electron chi connectivity index (χ2n) is 6.05. The molecule has 120 valence electrons. The first kappa shape index (κ1) is 16.3. The number of nitrogen functional groups attached to an aromatic ring is 1. The van der Waals surface area contributed by atoms with E-state index in [1.165, 1.54) is 36.6 Å². The Labute approximate surface area is 127 Å². The zero-order chi connectivity index (χ0) is 15.5. The quantitative estimate of drug-likeness (QED) is 0.840. The van der Waals surface area contributed by atoms with Crippen LogP contribution in [0.5, 0.6) is 0 Å². The topological polar surface area (TPSA) is 90.0 Å². The molecular weight excluding hydrogens is 288 g/mol. The van der Waals surface area contributed by atoms with E-state index in [1.54, 1.807) is 0 Å². The van der Waals surface area contributed by atoms with Crippen LogP contribution in [-0.4, -0.2) is 24.7 Å². The molecule has 0 amide bonds. The van der Waals surface area contributed by atoms with Gasteiger partial charge in [0.1, 0.15) is 4.90 Å². The van der Waals surface area contributed by atoms with Crippen molar-refractivity contribution in [2.45, 2.75) is 57.4 Å². The molecule has 1 heterocycles. The summed E-state index contributed by atoms with van der Waals surface area (Å²) in [5.41, 5.74) is 5.68. The Morgan fingerprint density at radius 3 is 2.62 bits per heavy atom. The van der Waals surface area contributed by atoms with E-state index in [1.807, 2.05) is 6.92 Å². The molecule has 1 aliphatic carbocycles. The van der Waals surface area contributed by atoms with Crippen molar-refractivity contribution >= 4 is 15.8 Å². The Hall–Kier alpha value is -1.08. The van der Waals surface area contributed by atoms with Crippen LogP contribution in [0.1, 0.15) is 46.0 Å². The van der Waals surface area contributed by atoms with Gasteiger partial charge in [0.25, 0.3) is 0 Å². The van der Waals surface area contributed by atoms with Crippen LogP contribution in [0.25, 0.3) is 0 Å². The number of nitrogens with zero attached hydrogens (tertiary/aromatic N) is 2. The third-order valence-electron chi connectivity index (χ3n) is 4.35. The minimum absolute atomic E-state index is 0.0656. The highest BCUT2D eigenvalue weighted by Gasteiger charge is 2.22. The fourth-order valence-electron chi connectivity index (χ4n) is 2.88. The van der Waals surface area contributed by atoms with Gasteiger partial charge in [0.05, 0.1) is 0 Å². The molecule has 21 heavy (non-hydrogen) atoms. The molecule has 1 aromatic rings. The average molecular weight is 314 g/mol. The lowest BCUT2D eigenvalue weighted by Gasteiger charge is -2.26. The van der Waals surface area contributed by atoms with Gasteiger partial charge in [-0.05, 0) is 25.2 Å². The summed E-state index contributed by atoms with van der Waals surface area (Å²) in [7, 11) is -3.55. The van der Waals surface area contributed by atoms with Crippen molar-refractivity contribution < 1.29 is 8.42 Å². The van der Waals surface area contributed by atoms with Crippen molar-refractivity contribution in [1.29, 1.82) is 0 Å². The molecule has 2 rings (SSSR count). The summed E-state index contributed by atoms with van der Waals surface area (Å²) < 4.78 is 28.6. The summed E-state index contributed by atoms with van der Waals surface area (Å²) in [5.74, 6) is 1.52. The second-order valence-corrected chi connectivity index (χ2v) is 7.78. The summed E-state index contributed by atoms with van der Waals surface area (Å²) in [4.78, 5) is 0.0848. The molecule has 7 heteroatoms. The van der Waals surface area contributed by atoms with Gasteiger partial charge in [-0.15, -0.1) is 0 Å². The standard InChI is InChI=1S/C14H26N4O2S/c1-3-18-10-13(14(15)17-18)21(19,20)16-9-8-12-6-4-11(2)5-7-12/h10-12,16H,3-9H2,1-2H3,(H2,15,17). The van der Waals surface area contributed by atoms with Crippen LogP contribution in [0.4, 0.5) is 5.82 Å². The smallest absolute Gasteiger partial charge is 0.245 e. The summed E-state index contributed by atoms with van der Waals surface area (Å²) in [5, 5.41) is 3.98. The molecule has 0 radical (unpaired) electrons. The predicted molar refractivity (Wildman–Crippen MR) is 83.2 cm³/mol. The first-order valence-electron chi connectivity index (χ1n) is 7.75. The SMILES string of the molecule is CCn1cc(S(=O)(=O)NCCC2CCC(C)CC2)c(N)n1. The van der Waals surface area contributed by atoms with E-state index in [2.05, 4.69) is 16.7 Å². The Balaban J connectivity index is 1.88. The minimum atomic E-state index is -3.55. The lowest BCUT2D eigenvalue weighted by Crippen LogP contribution is -2.27. The molecule has 0 spiro atoms. The van der Waals surface area contributed by atoms with Crippen LogP contribution in [0, 0.1) is 11.8 Å². The number of nitrogens with two attached hydrogens (primary N) is 1. The Morgan fingerprint density at radius 2 is 2.05 bits per heavy atom. The molecule has 1 fully saturated rings. The van der Waals surface area contributed by atoms with Crippen molar-refractivity contribution in [3.63, 3.8) is 0 Å². The van der Waals surface area contributed by atoms with Crippen molar-refractivity contribution in [3.05, 3.63) is 6.20 Å². The van der Waals surface area contributed by atoms with E-state index in [0.717, 1.165) is 12.3 Å². The van der Waals surface area contributed by atoms with Crippen LogP contribution in [0.15, 0.2) is 11.1 Å². The summed E-state index contributed by atoms with van der Waals surface area (Å²) >= 11 is 0. The van der Waals surface area contributed by atoms with E-state index in [4.69, 9.17) is 5.73 Å². The molecule has 0 unspecified atom stereocenters. The van der Waals surface area contributed by atoms with Crippen molar-refractivity contribution in [1.82, 2.24) is 14.5 Å². The van der Waals surface area contributed by atoms with E-state index in [-0.39, 0.29) is 10.7 Å². The summed E-state index contributed by atoms with van der Waals surface area (Å²) in [6, 6.07) is 0. The number of aryl methyl sites for hydroxylation is 1. The van der Waals surface area contributed by atoms with Gasteiger partial charge >= 0.3 is 0 Å². The maximum absolute atomic E-state index is 12.2. The van der Waals surface area contributed by atoms with Gasteiger partial charge in [0, 0.05) is 19.3 Å². The highest BCUT2D eigenvalue weighted by molar-refractivity contribution is 7.89. The van der Waals surface area contributed by atoms with E-state index in [0.29, 0.717) is 19.0 Å². The van der Waals surface area contributed by atoms with Crippen molar-refractivity contribution in [3.8, 4) is 0 Å². The van der Waals surface area contributed by atoms with Crippen LogP contribution >= 0.6 is 0 Å². The average Bonchev–Trinajstić information content (AvgIpc) is 2.83. The monoisotopic (exact) mass is 314 g/mol. The summed E-state index contributed by atoms with van der Waals surface area (Å²) in [6.07, 6.45) is 7.31. The van der Waals surface area contributed by atoms with Gasteiger partial charge in [-0.3, -0.25) is 4.68 Å². The Kier molecular flexibility index (Phi) is 5.27. The summed E-state index contributed by atoms with van der Waals surface area (Å²) in [6.45, 7) is 5.24. The molecular formula is C14H26N4O2S. The van der Waals surface area contributed by atoms with E-state index in [9.17, 15) is 8.42 Å². The van der Waals surface area contributed by atoms with Crippen molar-refractivity contribution in [2.75, 3.05) is 12.3 Å². The number of hydrogen-bond donors (Lipinski definition) is 2. The third-order valence-corrected chi connectivity index (χ3v) is 5.83. The normalized spacial score (nSPS) is 23.3. The zero-order valence-corrected chi connectivity index (χ0v) is 13.7. The highest BCUT2D eigenvalue weighted by atomic mass is 32.2. The maximum Gasteiger partial charge on any atom is 0.245 e. The van der Waals surface area contributed by atoms with Gasteiger partial charge in [-0.25, -0.2) is 13.1 Å². The third kappa shape index (κ3) is 4.20. The number of aromatic nitrogens is 2. The number of hydrogen-bond acceptors (Lipinski definition) is 4. The molecule has 0 aromatic carbocycles. The fraction of sp³-hybridized carbons (Fsp3) is 0.786. The first-order valence-corrected chi connectivity index (χ1v) is 9.23. The van der Waals surface area contributed by atoms with Gasteiger partial charge in [0.2, 0.25) is 10.0 Å². The zero-order valence-electron chi connectivity index (χ0n) is 12.9. The number of nitrogens with one attached hydrogen (secondary N) is 1. The molecule has 1 saturated carbocycles. The lowest BCUT2D eigenvalue weighted by molar-refractivity contribution is 0.278. The minimum Gasteiger partial charge on any atom is -0.381 e. The van der Waals surface area contributed by atoms with E-state index < -0.39 is 10.0 Å². The van der Waals surface area contributed by atoms with Crippen LogP contribution in [0.2, 0.25) is 0 Å².